The van der Waals surface area contributed by atoms with Crippen molar-refractivity contribution in [2.75, 3.05) is 6.54 Å². The maximum atomic E-state index is 11.8. The monoisotopic (exact) mass is 248 g/mol. The van der Waals surface area contributed by atoms with Gasteiger partial charge in [0.25, 0.3) is 0 Å². The first-order valence-electron chi connectivity index (χ1n) is 5.16. The van der Waals surface area contributed by atoms with Crippen molar-refractivity contribution in [3.8, 4) is 0 Å². The quantitative estimate of drug-likeness (QED) is 0.822. The molecule has 0 saturated heterocycles. The molecule has 0 radical (unpaired) electrons. The summed E-state index contributed by atoms with van der Waals surface area (Å²) in [6.45, 7) is 0.230. The zero-order valence-electron chi connectivity index (χ0n) is 9.13. The van der Waals surface area contributed by atoms with E-state index in [1.165, 1.54) is 11.3 Å². The Morgan fingerprint density at radius 2 is 2.29 bits per heavy atom. The molecule has 0 spiro atoms. The molecule has 2 heterocycles. The Balaban J connectivity index is 2.04. The van der Waals surface area contributed by atoms with Gasteiger partial charge < -0.3 is 10.6 Å². The maximum Gasteiger partial charge on any atom is 0.246 e. The predicted octanol–water partition coefficient (Wildman–Crippen LogP) is 1.52. The Kier molecular flexibility index (Phi) is 3.39. The van der Waals surface area contributed by atoms with Crippen LogP contribution in [0.1, 0.15) is 16.1 Å². The molecular weight excluding hydrogens is 236 g/mol. The van der Waals surface area contributed by atoms with Gasteiger partial charge in [0.2, 0.25) is 5.91 Å². The van der Waals surface area contributed by atoms with Crippen LogP contribution < -0.4 is 5.73 Å². The van der Waals surface area contributed by atoms with Crippen LogP contribution in [0.15, 0.2) is 41.6 Å². The summed E-state index contributed by atoms with van der Waals surface area (Å²) < 4.78 is 0. The van der Waals surface area contributed by atoms with E-state index in [-0.39, 0.29) is 12.3 Å². The molecule has 2 N–H and O–H groups in total. The third-order valence-electron chi connectivity index (χ3n) is 2.39. The minimum absolute atomic E-state index is 0.0339. The Bertz CT molecular complexity index is 489. The van der Waals surface area contributed by atoms with Crippen LogP contribution in [0.3, 0.4) is 0 Å². The fraction of sp³-hybridized carbons (Fsp3) is 0.167. The number of carbonyl (C=O) groups is 2. The van der Waals surface area contributed by atoms with Gasteiger partial charge in [-0.15, -0.1) is 11.3 Å². The molecule has 1 aliphatic rings. The molecule has 0 atom stereocenters. The molecule has 5 heteroatoms. The molecule has 2 rings (SSSR count). The van der Waals surface area contributed by atoms with Gasteiger partial charge in [0.15, 0.2) is 5.78 Å². The lowest BCUT2D eigenvalue weighted by Gasteiger charge is -2.19. The summed E-state index contributed by atoms with van der Waals surface area (Å²) in [6.07, 6.45) is 5.77. The van der Waals surface area contributed by atoms with E-state index in [1.807, 2.05) is 17.5 Å². The van der Waals surface area contributed by atoms with Crippen LogP contribution in [0.2, 0.25) is 0 Å². The second-order valence-electron chi connectivity index (χ2n) is 3.68. The van der Waals surface area contributed by atoms with Crippen LogP contribution in [0, 0.1) is 0 Å². The van der Waals surface area contributed by atoms with Crippen LogP contribution in [0.5, 0.6) is 0 Å². The number of carbonyl (C=O) groups excluding carboxylic acids is 2. The molecule has 0 aliphatic carbocycles. The highest BCUT2D eigenvalue weighted by molar-refractivity contribution is 7.12. The fourth-order valence-corrected chi connectivity index (χ4v) is 2.21. The average molecular weight is 248 g/mol. The van der Waals surface area contributed by atoms with Crippen molar-refractivity contribution in [1.29, 1.82) is 0 Å². The second-order valence-corrected chi connectivity index (χ2v) is 4.63. The van der Waals surface area contributed by atoms with Crippen molar-refractivity contribution < 1.29 is 9.59 Å². The Labute approximate surface area is 103 Å². The molecule has 0 fully saturated rings. The topological polar surface area (TPSA) is 63.4 Å². The van der Waals surface area contributed by atoms with E-state index in [0.717, 1.165) is 4.88 Å². The lowest BCUT2D eigenvalue weighted by Crippen LogP contribution is -2.25. The van der Waals surface area contributed by atoms with Gasteiger partial charge in [-0.25, -0.2) is 0 Å². The zero-order valence-corrected chi connectivity index (χ0v) is 9.94. The van der Waals surface area contributed by atoms with Gasteiger partial charge in [-0.1, -0.05) is 12.1 Å². The molecule has 4 nitrogen and oxygen atoms in total. The first kappa shape index (κ1) is 11.6. The Hall–Kier alpha value is -1.88. The summed E-state index contributed by atoms with van der Waals surface area (Å²) >= 11 is 1.41. The standard InChI is InChI=1S/C12H12N2O2S/c13-12(16)9-3-1-5-14(7-9)8-10(15)11-4-2-6-17-11/h1-2,4-7H,3,8H2,(H2,13,16). The van der Waals surface area contributed by atoms with Gasteiger partial charge in [0, 0.05) is 18.0 Å². The Morgan fingerprint density at radius 3 is 2.94 bits per heavy atom. The van der Waals surface area contributed by atoms with Crippen LogP contribution in [-0.4, -0.2) is 23.1 Å². The highest BCUT2D eigenvalue weighted by Crippen LogP contribution is 2.14. The van der Waals surface area contributed by atoms with Gasteiger partial charge >= 0.3 is 0 Å². The smallest absolute Gasteiger partial charge is 0.246 e. The number of hydrogen-bond acceptors (Lipinski definition) is 4. The van der Waals surface area contributed by atoms with Crippen molar-refractivity contribution in [2.45, 2.75) is 6.42 Å². The largest absolute Gasteiger partial charge is 0.366 e. The molecule has 0 bridgehead atoms. The summed E-state index contributed by atoms with van der Waals surface area (Å²) in [4.78, 5) is 25.3. The molecule has 17 heavy (non-hydrogen) atoms. The van der Waals surface area contributed by atoms with Crippen molar-refractivity contribution in [3.05, 3.63) is 46.4 Å². The molecule has 0 unspecified atom stereocenters. The molecule has 0 aromatic carbocycles. The molecule has 88 valence electrons. The number of ketones is 1. The fourth-order valence-electron chi connectivity index (χ4n) is 1.55. The molecule has 1 aliphatic heterocycles. The highest BCUT2D eigenvalue weighted by atomic mass is 32.1. The predicted molar refractivity (Wildman–Crippen MR) is 66.4 cm³/mol. The van der Waals surface area contributed by atoms with E-state index in [0.29, 0.717) is 12.0 Å². The number of amides is 1. The average Bonchev–Trinajstić information content (AvgIpc) is 2.82. The van der Waals surface area contributed by atoms with Gasteiger partial charge in [0.05, 0.1) is 11.4 Å². The van der Waals surface area contributed by atoms with Crippen LogP contribution in [0.4, 0.5) is 0 Å². The molecular formula is C12H12N2O2S. The third kappa shape index (κ3) is 2.82. The third-order valence-corrected chi connectivity index (χ3v) is 3.31. The number of primary amides is 1. The van der Waals surface area contributed by atoms with Crippen molar-refractivity contribution in [3.63, 3.8) is 0 Å². The summed E-state index contributed by atoms with van der Waals surface area (Å²) in [5, 5.41) is 1.87. The molecule has 1 aromatic heterocycles. The summed E-state index contributed by atoms with van der Waals surface area (Å²) in [5.41, 5.74) is 5.72. The van der Waals surface area contributed by atoms with E-state index >= 15 is 0 Å². The first-order chi connectivity index (χ1) is 8.16. The van der Waals surface area contributed by atoms with E-state index in [4.69, 9.17) is 5.73 Å². The van der Waals surface area contributed by atoms with Gasteiger partial charge in [0.1, 0.15) is 0 Å². The first-order valence-corrected chi connectivity index (χ1v) is 6.04. The second kappa shape index (κ2) is 4.97. The van der Waals surface area contributed by atoms with Gasteiger partial charge in [-0.05, 0) is 17.9 Å². The summed E-state index contributed by atoms with van der Waals surface area (Å²) in [7, 11) is 0. The lowest BCUT2D eigenvalue weighted by atomic mass is 10.1. The molecule has 1 aromatic rings. The van der Waals surface area contributed by atoms with Crippen molar-refractivity contribution in [1.82, 2.24) is 4.90 Å². The summed E-state index contributed by atoms with van der Waals surface area (Å²) in [5.74, 6) is -0.408. The van der Waals surface area contributed by atoms with Crippen molar-refractivity contribution >= 4 is 23.0 Å². The number of nitrogens with two attached hydrogens (primary N) is 1. The van der Waals surface area contributed by atoms with Crippen LogP contribution in [0.25, 0.3) is 0 Å². The number of Topliss-reactive ketones (excluding diaryl/α,β-unsaturated/α-hetero) is 1. The lowest BCUT2D eigenvalue weighted by molar-refractivity contribution is -0.114. The minimum Gasteiger partial charge on any atom is -0.366 e. The highest BCUT2D eigenvalue weighted by Gasteiger charge is 2.14. The normalized spacial score (nSPS) is 14.6. The molecule has 1 amide bonds. The van der Waals surface area contributed by atoms with E-state index in [2.05, 4.69) is 0 Å². The summed E-state index contributed by atoms with van der Waals surface area (Å²) in [6, 6.07) is 3.63. The number of thiophene rings is 1. The molecule has 0 saturated carbocycles. The van der Waals surface area contributed by atoms with E-state index in [9.17, 15) is 9.59 Å². The van der Waals surface area contributed by atoms with Crippen LogP contribution in [-0.2, 0) is 4.79 Å². The van der Waals surface area contributed by atoms with Gasteiger partial charge in [-0.3, -0.25) is 9.59 Å². The van der Waals surface area contributed by atoms with Crippen molar-refractivity contribution in [2.24, 2.45) is 5.73 Å². The van der Waals surface area contributed by atoms with E-state index < -0.39 is 5.91 Å². The number of nitrogens with zero attached hydrogens (tertiary/aromatic N) is 1. The number of hydrogen-bond donors (Lipinski definition) is 1. The Morgan fingerprint density at radius 1 is 1.47 bits per heavy atom. The minimum atomic E-state index is -0.442. The van der Waals surface area contributed by atoms with E-state index in [1.54, 1.807) is 23.4 Å². The number of rotatable bonds is 4. The van der Waals surface area contributed by atoms with Crippen LogP contribution >= 0.6 is 11.3 Å². The number of allylic oxidation sites excluding steroid dienone is 1. The maximum absolute atomic E-state index is 11.8. The van der Waals surface area contributed by atoms with Gasteiger partial charge in [-0.2, -0.15) is 0 Å². The zero-order chi connectivity index (χ0) is 12.3. The SMILES string of the molecule is NC(=O)C1=CN(CC(=O)c2cccs2)C=CC1.